The molecule has 1 aromatic carbocycles. The van der Waals surface area contributed by atoms with Crippen LogP contribution in [0.1, 0.15) is 29.7 Å². The Morgan fingerprint density at radius 2 is 2.25 bits per heavy atom. The van der Waals surface area contributed by atoms with Crippen LogP contribution in [0.2, 0.25) is 0 Å². The Balaban J connectivity index is 1.29. The molecule has 1 aliphatic carbocycles. The zero-order valence-electron chi connectivity index (χ0n) is 17.5. The highest BCUT2D eigenvalue weighted by Crippen LogP contribution is 2.41. The molecule has 1 saturated heterocycles. The molecule has 6 rings (SSSR count). The first kappa shape index (κ1) is 19.6. The second-order valence-corrected chi connectivity index (χ2v) is 9.74. The number of fused-ring (bicyclic) bond motifs is 4. The summed E-state index contributed by atoms with van der Waals surface area (Å²) in [6, 6.07) is 6.05. The third kappa shape index (κ3) is 3.23. The van der Waals surface area contributed by atoms with Crippen molar-refractivity contribution in [1.29, 1.82) is 0 Å². The second kappa shape index (κ2) is 7.83. The highest BCUT2D eigenvalue weighted by atomic mass is 32.1. The van der Waals surface area contributed by atoms with Crippen molar-refractivity contribution in [2.75, 3.05) is 18.5 Å². The summed E-state index contributed by atoms with van der Waals surface area (Å²) in [6.07, 6.45) is 7.69. The lowest BCUT2D eigenvalue weighted by molar-refractivity contribution is -0.137. The molecule has 4 aromatic rings. The lowest BCUT2D eigenvalue weighted by Gasteiger charge is -2.30. The summed E-state index contributed by atoms with van der Waals surface area (Å²) in [4.78, 5) is 26.3. The monoisotopic (exact) mass is 448 g/mol. The number of amides is 1. The average Bonchev–Trinajstić information content (AvgIpc) is 3.55. The molecule has 1 aliphatic heterocycles. The largest absolute Gasteiger partial charge is 0.394 e. The molecular formula is C23H24N6O2S. The van der Waals surface area contributed by atoms with Gasteiger partial charge in [0, 0.05) is 28.4 Å². The van der Waals surface area contributed by atoms with E-state index in [0.717, 1.165) is 71.3 Å². The van der Waals surface area contributed by atoms with Gasteiger partial charge in [0.15, 0.2) is 0 Å². The maximum Gasteiger partial charge on any atom is 0.226 e. The van der Waals surface area contributed by atoms with Crippen LogP contribution in [0.5, 0.6) is 0 Å². The lowest BCUT2D eigenvalue weighted by atomic mass is 9.86. The van der Waals surface area contributed by atoms with Gasteiger partial charge in [0.25, 0.3) is 0 Å². The van der Waals surface area contributed by atoms with Crippen molar-refractivity contribution in [3.63, 3.8) is 0 Å². The van der Waals surface area contributed by atoms with Crippen LogP contribution in [0.3, 0.4) is 0 Å². The fourth-order valence-corrected chi connectivity index (χ4v) is 6.39. The van der Waals surface area contributed by atoms with Crippen molar-refractivity contribution in [1.82, 2.24) is 25.1 Å². The molecule has 0 radical (unpaired) electrons. The topological polar surface area (TPSA) is 107 Å². The van der Waals surface area contributed by atoms with Crippen LogP contribution >= 0.6 is 11.3 Å². The predicted octanol–water partition coefficient (Wildman–Crippen LogP) is 3.40. The second-order valence-electron chi connectivity index (χ2n) is 8.65. The van der Waals surface area contributed by atoms with Crippen LogP contribution < -0.4 is 5.32 Å². The number of carbonyl (C=O) groups is 1. The van der Waals surface area contributed by atoms with Crippen LogP contribution in [-0.2, 0) is 17.6 Å². The van der Waals surface area contributed by atoms with E-state index in [0.29, 0.717) is 0 Å². The molecule has 164 valence electrons. The van der Waals surface area contributed by atoms with E-state index in [1.54, 1.807) is 23.9 Å². The molecule has 8 nitrogen and oxygen atoms in total. The van der Waals surface area contributed by atoms with Crippen molar-refractivity contribution in [3.05, 3.63) is 41.2 Å². The van der Waals surface area contributed by atoms with Crippen molar-refractivity contribution >= 4 is 49.9 Å². The van der Waals surface area contributed by atoms with Crippen molar-refractivity contribution in [2.45, 2.75) is 38.1 Å². The van der Waals surface area contributed by atoms with Gasteiger partial charge in [0.1, 0.15) is 17.0 Å². The SMILES string of the molecule is O=C(C1CCc2c(sc3ncnc(Nc4ccc5[nH]ncc5c4)c23)C1)N1CCCC1CO. The minimum atomic E-state index is -0.0180. The van der Waals surface area contributed by atoms with E-state index in [4.69, 9.17) is 0 Å². The van der Waals surface area contributed by atoms with Crippen molar-refractivity contribution in [3.8, 4) is 0 Å². The summed E-state index contributed by atoms with van der Waals surface area (Å²) in [5.41, 5.74) is 3.21. The predicted molar refractivity (Wildman–Crippen MR) is 124 cm³/mol. The Kier molecular flexibility index (Phi) is 4.80. The number of nitrogens with one attached hydrogen (secondary N) is 2. The van der Waals surface area contributed by atoms with E-state index >= 15 is 0 Å². The molecule has 0 spiro atoms. The fourth-order valence-electron chi connectivity index (χ4n) is 5.12. The summed E-state index contributed by atoms with van der Waals surface area (Å²) < 4.78 is 0. The Labute approximate surface area is 188 Å². The van der Waals surface area contributed by atoms with E-state index in [1.807, 2.05) is 23.1 Å². The quantitative estimate of drug-likeness (QED) is 0.442. The zero-order valence-corrected chi connectivity index (χ0v) is 18.4. The van der Waals surface area contributed by atoms with Gasteiger partial charge in [-0.25, -0.2) is 9.97 Å². The zero-order chi connectivity index (χ0) is 21.7. The standard InChI is InChI=1S/C23H24N6O2S/c30-11-16-2-1-7-29(16)23(31)13-3-5-17-19(9-13)32-22-20(17)21(24-12-25-22)27-15-4-6-18-14(8-15)10-26-28-18/h4,6,8,10,12-13,16,30H,1-3,5,7,9,11H2,(H,26,28)(H,24,25,27). The molecule has 3 aromatic heterocycles. The molecule has 2 unspecified atom stereocenters. The number of rotatable bonds is 4. The summed E-state index contributed by atoms with van der Waals surface area (Å²) in [5, 5.41) is 22.2. The summed E-state index contributed by atoms with van der Waals surface area (Å²) in [6.45, 7) is 0.822. The number of hydrogen-bond acceptors (Lipinski definition) is 7. The molecule has 1 fully saturated rings. The van der Waals surface area contributed by atoms with Gasteiger partial charge in [0.05, 0.1) is 29.7 Å². The molecule has 9 heteroatoms. The number of aliphatic hydroxyl groups excluding tert-OH is 1. The molecule has 1 amide bonds. The number of anilines is 2. The highest BCUT2D eigenvalue weighted by molar-refractivity contribution is 7.19. The van der Waals surface area contributed by atoms with Crippen molar-refractivity contribution in [2.24, 2.45) is 5.92 Å². The van der Waals surface area contributed by atoms with E-state index in [9.17, 15) is 9.90 Å². The number of aromatic nitrogens is 4. The molecule has 4 heterocycles. The normalized spacial score (nSPS) is 20.7. The molecule has 0 saturated carbocycles. The maximum atomic E-state index is 13.2. The van der Waals surface area contributed by atoms with Crippen LogP contribution in [0.25, 0.3) is 21.1 Å². The van der Waals surface area contributed by atoms with Gasteiger partial charge < -0.3 is 15.3 Å². The Morgan fingerprint density at radius 1 is 1.31 bits per heavy atom. The van der Waals surface area contributed by atoms with Crippen LogP contribution in [0.4, 0.5) is 11.5 Å². The minimum absolute atomic E-state index is 0.0134. The number of thiophene rings is 1. The van der Waals surface area contributed by atoms with Gasteiger partial charge in [-0.1, -0.05) is 0 Å². The molecular weight excluding hydrogens is 424 g/mol. The Morgan fingerprint density at radius 3 is 3.16 bits per heavy atom. The van der Waals surface area contributed by atoms with E-state index in [-0.39, 0.29) is 24.5 Å². The van der Waals surface area contributed by atoms with Gasteiger partial charge in [-0.2, -0.15) is 5.10 Å². The number of carbonyl (C=O) groups excluding carboxylic acids is 1. The molecule has 32 heavy (non-hydrogen) atoms. The highest BCUT2D eigenvalue weighted by Gasteiger charge is 2.35. The lowest BCUT2D eigenvalue weighted by Crippen LogP contribution is -2.42. The Hall–Kier alpha value is -3.04. The first-order valence-electron chi connectivity index (χ1n) is 11.1. The first-order valence-corrected chi connectivity index (χ1v) is 11.9. The summed E-state index contributed by atoms with van der Waals surface area (Å²) >= 11 is 1.67. The molecule has 2 atom stereocenters. The van der Waals surface area contributed by atoms with Gasteiger partial charge in [-0.15, -0.1) is 11.3 Å². The van der Waals surface area contributed by atoms with Gasteiger partial charge in [-0.3, -0.25) is 9.89 Å². The van der Waals surface area contributed by atoms with Crippen LogP contribution in [-0.4, -0.2) is 55.3 Å². The van der Waals surface area contributed by atoms with Gasteiger partial charge in [-0.05, 0) is 55.9 Å². The molecule has 2 aliphatic rings. The minimum Gasteiger partial charge on any atom is -0.394 e. The van der Waals surface area contributed by atoms with Gasteiger partial charge in [0.2, 0.25) is 5.91 Å². The van der Waals surface area contributed by atoms with Gasteiger partial charge >= 0.3 is 0 Å². The number of benzene rings is 1. The average molecular weight is 449 g/mol. The van der Waals surface area contributed by atoms with E-state index in [1.165, 1.54) is 10.4 Å². The smallest absolute Gasteiger partial charge is 0.226 e. The van der Waals surface area contributed by atoms with E-state index in [2.05, 4.69) is 25.5 Å². The Bertz CT molecular complexity index is 1310. The number of aliphatic hydroxyl groups is 1. The summed E-state index contributed by atoms with van der Waals surface area (Å²) in [7, 11) is 0. The molecule has 0 bridgehead atoms. The number of H-pyrrole nitrogens is 1. The number of aromatic amines is 1. The first-order chi connectivity index (χ1) is 15.7. The molecule has 3 N–H and O–H groups in total. The van der Waals surface area contributed by atoms with E-state index < -0.39 is 0 Å². The number of nitrogens with zero attached hydrogens (tertiary/aromatic N) is 4. The third-order valence-corrected chi connectivity index (χ3v) is 7.93. The van der Waals surface area contributed by atoms with Crippen LogP contribution in [0.15, 0.2) is 30.7 Å². The maximum absolute atomic E-state index is 13.2. The van der Waals surface area contributed by atoms with Crippen LogP contribution in [0, 0.1) is 5.92 Å². The number of likely N-dealkylation sites (tertiary alicyclic amines) is 1. The van der Waals surface area contributed by atoms with Crippen molar-refractivity contribution < 1.29 is 9.90 Å². The summed E-state index contributed by atoms with van der Waals surface area (Å²) in [5.74, 6) is 0.984. The third-order valence-electron chi connectivity index (χ3n) is 6.77. The number of hydrogen-bond donors (Lipinski definition) is 3. The number of aryl methyl sites for hydroxylation is 1. The fraction of sp³-hybridized carbons (Fsp3) is 0.391.